The molecule has 0 spiro atoms. The number of hydrogen-bond donors (Lipinski definition) is 0. The minimum absolute atomic E-state index is 0.466. The standard InChI is InChI=1S/C54H35NO/c1-5-15-36(16-6-1)41-31-50(38-17-7-2-8-18-38)55-51(32-41)39-27-25-37(26-28-39)40-29-30-45-47-34-46-44-23-13-14-24-48(44)54(42-19-9-3-10-20-42,43-21-11-4-12-22-43)49(46)35-53(47)56-52(45)33-40/h1-35H. The number of fused-ring (bicyclic) bond motifs is 6. The Morgan fingerprint density at radius 2 is 0.821 bits per heavy atom. The van der Waals surface area contributed by atoms with Crippen LogP contribution in [0.4, 0.5) is 0 Å². The lowest BCUT2D eigenvalue weighted by atomic mass is 9.67. The fraction of sp³-hybridized carbons (Fsp3) is 0.0185. The Hall–Kier alpha value is -7.29. The van der Waals surface area contributed by atoms with E-state index < -0.39 is 5.41 Å². The molecule has 2 heterocycles. The van der Waals surface area contributed by atoms with Crippen LogP contribution in [-0.4, -0.2) is 4.98 Å². The van der Waals surface area contributed by atoms with Crippen molar-refractivity contribution >= 4 is 21.9 Å². The molecule has 1 aliphatic carbocycles. The lowest BCUT2D eigenvalue weighted by Gasteiger charge is -2.33. The number of aromatic nitrogens is 1. The molecule has 0 N–H and O–H groups in total. The van der Waals surface area contributed by atoms with Gasteiger partial charge in [-0.25, -0.2) is 4.98 Å². The van der Waals surface area contributed by atoms with E-state index in [0.29, 0.717) is 0 Å². The summed E-state index contributed by atoms with van der Waals surface area (Å²) in [6, 6.07) is 76.1. The molecule has 2 nitrogen and oxygen atoms in total. The van der Waals surface area contributed by atoms with Crippen LogP contribution in [-0.2, 0) is 5.41 Å². The summed E-state index contributed by atoms with van der Waals surface area (Å²) >= 11 is 0. The van der Waals surface area contributed by atoms with Gasteiger partial charge in [-0.15, -0.1) is 0 Å². The zero-order chi connectivity index (χ0) is 37.1. The van der Waals surface area contributed by atoms with Gasteiger partial charge < -0.3 is 4.42 Å². The lowest BCUT2D eigenvalue weighted by molar-refractivity contribution is 0.666. The summed E-state index contributed by atoms with van der Waals surface area (Å²) in [4.78, 5) is 5.14. The molecule has 0 fully saturated rings. The van der Waals surface area contributed by atoms with Gasteiger partial charge in [-0.1, -0.05) is 176 Å². The Balaban J connectivity index is 1.01. The van der Waals surface area contributed by atoms with Crippen molar-refractivity contribution in [2.45, 2.75) is 5.41 Å². The number of furan rings is 1. The maximum absolute atomic E-state index is 6.80. The maximum atomic E-state index is 6.80. The van der Waals surface area contributed by atoms with Crippen LogP contribution in [0.25, 0.3) is 77.8 Å². The Kier molecular flexibility index (Phi) is 7.43. The van der Waals surface area contributed by atoms with E-state index in [1.165, 1.54) is 38.9 Å². The highest BCUT2D eigenvalue weighted by atomic mass is 16.3. The maximum Gasteiger partial charge on any atom is 0.136 e. The molecule has 0 saturated carbocycles. The number of pyridine rings is 1. The van der Waals surface area contributed by atoms with Gasteiger partial charge in [0.25, 0.3) is 0 Å². The van der Waals surface area contributed by atoms with Crippen LogP contribution < -0.4 is 0 Å². The van der Waals surface area contributed by atoms with Crippen molar-refractivity contribution in [3.8, 4) is 55.9 Å². The third-order valence-corrected chi connectivity index (χ3v) is 11.6. The van der Waals surface area contributed by atoms with Crippen LogP contribution in [0.2, 0.25) is 0 Å². The van der Waals surface area contributed by atoms with E-state index in [0.717, 1.165) is 61.1 Å². The second kappa shape index (κ2) is 12.9. The van der Waals surface area contributed by atoms with Gasteiger partial charge in [0.2, 0.25) is 0 Å². The van der Waals surface area contributed by atoms with Gasteiger partial charge in [-0.2, -0.15) is 0 Å². The van der Waals surface area contributed by atoms with E-state index in [2.05, 4.69) is 206 Å². The fourth-order valence-corrected chi connectivity index (χ4v) is 8.96. The summed E-state index contributed by atoms with van der Waals surface area (Å²) in [5.74, 6) is 0. The van der Waals surface area contributed by atoms with E-state index in [9.17, 15) is 0 Å². The molecule has 1 aliphatic rings. The zero-order valence-electron chi connectivity index (χ0n) is 30.6. The van der Waals surface area contributed by atoms with Crippen molar-refractivity contribution in [2.24, 2.45) is 0 Å². The number of benzene rings is 8. The molecule has 262 valence electrons. The second-order valence-corrected chi connectivity index (χ2v) is 14.7. The van der Waals surface area contributed by atoms with Gasteiger partial charge in [0.05, 0.1) is 16.8 Å². The fourth-order valence-electron chi connectivity index (χ4n) is 8.96. The Labute approximate surface area is 326 Å². The first kappa shape index (κ1) is 32.2. The SMILES string of the molecule is c1ccc(-c2cc(-c3ccccc3)nc(-c3ccc(-c4ccc5c(c4)oc4cc6c(cc45)-c4ccccc4C6(c4ccccc4)c4ccccc4)cc3)c2)cc1. The Bertz CT molecular complexity index is 2940. The van der Waals surface area contributed by atoms with E-state index in [1.807, 2.05) is 6.07 Å². The van der Waals surface area contributed by atoms with E-state index >= 15 is 0 Å². The monoisotopic (exact) mass is 713 g/mol. The third kappa shape index (κ3) is 5.07. The average molecular weight is 714 g/mol. The summed E-state index contributed by atoms with van der Waals surface area (Å²) in [6.45, 7) is 0. The predicted molar refractivity (Wildman–Crippen MR) is 231 cm³/mol. The van der Waals surface area contributed by atoms with Crippen molar-refractivity contribution in [1.29, 1.82) is 0 Å². The molecule has 0 atom stereocenters. The minimum atomic E-state index is -0.466. The molecule has 0 saturated heterocycles. The summed E-state index contributed by atoms with van der Waals surface area (Å²) in [7, 11) is 0. The highest BCUT2D eigenvalue weighted by Crippen LogP contribution is 2.57. The largest absolute Gasteiger partial charge is 0.456 e. The van der Waals surface area contributed by atoms with Gasteiger partial charge in [0.15, 0.2) is 0 Å². The molecule has 2 aromatic heterocycles. The smallest absolute Gasteiger partial charge is 0.136 e. The summed E-state index contributed by atoms with van der Waals surface area (Å²) < 4.78 is 6.80. The van der Waals surface area contributed by atoms with Crippen molar-refractivity contribution < 1.29 is 4.42 Å². The van der Waals surface area contributed by atoms with Crippen LogP contribution in [0.1, 0.15) is 22.3 Å². The molecule has 10 aromatic rings. The van der Waals surface area contributed by atoms with Gasteiger partial charge in [0, 0.05) is 21.9 Å². The molecule has 56 heavy (non-hydrogen) atoms. The topological polar surface area (TPSA) is 26.0 Å². The first-order valence-corrected chi connectivity index (χ1v) is 19.2. The second-order valence-electron chi connectivity index (χ2n) is 14.7. The molecular formula is C54H35NO. The zero-order valence-corrected chi connectivity index (χ0v) is 30.6. The van der Waals surface area contributed by atoms with Crippen molar-refractivity contribution in [3.05, 3.63) is 235 Å². The molecule has 0 unspecified atom stereocenters. The van der Waals surface area contributed by atoms with E-state index in [-0.39, 0.29) is 0 Å². The van der Waals surface area contributed by atoms with Crippen LogP contribution in [0, 0.1) is 0 Å². The molecule has 8 aromatic carbocycles. The van der Waals surface area contributed by atoms with Crippen LogP contribution in [0.5, 0.6) is 0 Å². The van der Waals surface area contributed by atoms with Gasteiger partial charge >= 0.3 is 0 Å². The first-order chi connectivity index (χ1) is 27.7. The number of hydrogen-bond acceptors (Lipinski definition) is 2. The highest BCUT2D eigenvalue weighted by Gasteiger charge is 2.46. The van der Waals surface area contributed by atoms with Crippen molar-refractivity contribution in [2.75, 3.05) is 0 Å². The molecule has 2 heteroatoms. The van der Waals surface area contributed by atoms with E-state index in [1.54, 1.807) is 0 Å². The normalized spacial score (nSPS) is 12.8. The van der Waals surface area contributed by atoms with Crippen molar-refractivity contribution in [1.82, 2.24) is 4.98 Å². The first-order valence-electron chi connectivity index (χ1n) is 19.2. The van der Waals surface area contributed by atoms with Crippen LogP contribution in [0.15, 0.2) is 217 Å². The molecule has 0 radical (unpaired) electrons. The van der Waals surface area contributed by atoms with Gasteiger partial charge in [0.1, 0.15) is 11.2 Å². The molecule has 0 bridgehead atoms. The third-order valence-electron chi connectivity index (χ3n) is 11.6. The minimum Gasteiger partial charge on any atom is -0.456 e. The van der Waals surface area contributed by atoms with Crippen molar-refractivity contribution in [3.63, 3.8) is 0 Å². The molecule has 0 aliphatic heterocycles. The molecule has 11 rings (SSSR count). The summed E-state index contributed by atoms with van der Waals surface area (Å²) in [5.41, 5.74) is 17.5. The Morgan fingerprint density at radius 1 is 0.321 bits per heavy atom. The summed E-state index contributed by atoms with van der Waals surface area (Å²) in [6.07, 6.45) is 0. The lowest BCUT2D eigenvalue weighted by Crippen LogP contribution is -2.28. The average Bonchev–Trinajstić information content (AvgIpc) is 3.79. The number of nitrogens with zero attached hydrogens (tertiary/aromatic N) is 1. The number of rotatable bonds is 6. The quantitative estimate of drug-likeness (QED) is 0.171. The van der Waals surface area contributed by atoms with E-state index in [4.69, 9.17) is 9.40 Å². The molecule has 0 amide bonds. The van der Waals surface area contributed by atoms with Gasteiger partial charge in [-0.05, 0) is 92.0 Å². The summed E-state index contributed by atoms with van der Waals surface area (Å²) in [5, 5.41) is 2.25. The van der Waals surface area contributed by atoms with Gasteiger partial charge in [-0.3, -0.25) is 0 Å². The predicted octanol–water partition coefficient (Wildman–Crippen LogP) is 14.0. The van der Waals surface area contributed by atoms with Crippen LogP contribution in [0.3, 0.4) is 0 Å². The highest BCUT2D eigenvalue weighted by molar-refractivity contribution is 6.09. The molecular weight excluding hydrogens is 679 g/mol. The van der Waals surface area contributed by atoms with Crippen LogP contribution >= 0.6 is 0 Å². The Morgan fingerprint density at radius 3 is 1.48 bits per heavy atom.